The molecule has 12 rings (SSSR count). The zero-order chi connectivity index (χ0) is 38.3. The molecule has 2 aromatic rings. The smallest absolute Gasteiger partial charge is 0.409 e. The van der Waals surface area contributed by atoms with Gasteiger partial charge in [0.05, 0.1) is 16.9 Å². The summed E-state index contributed by atoms with van der Waals surface area (Å²) < 4.78 is 22.7. The molecule has 2 N–H and O–H groups in total. The van der Waals surface area contributed by atoms with Crippen molar-refractivity contribution in [2.45, 2.75) is 87.8 Å². The minimum Gasteiger partial charge on any atom is -0.441 e. The molecule has 10 atom stereocenters. The predicted octanol–water partition coefficient (Wildman–Crippen LogP) is 3.13. The second kappa shape index (κ2) is 10.5. The number of hydrogen-bond donors (Lipinski definition) is 2. The minimum absolute atomic E-state index is 0.200. The van der Waals surface area contributed by atoms with Crippen LogP contribution in [0.3, 0.4) is 0 Å². The first-order chi connectivity index (χ1) is 25.7. The number of aliphatic hydroxyl groups is 1. The SMILES string of the molecule is CC[C@@]12SS[C@]3(C(=O)N1C)[C@@H](O)[C@]1([C@@]45c6cc(F)ccc6N[C@@H]4N4C(=O)[C@]6(CC)SS[C@]4(C(=O)N6C)[C@H]5OC(=O)N(C)C)c4ccccc4C[C@@H]1N3C2=O. The Hall–Kier alpha value is -3.32. The van der Waals surface area contributed by atoms with Gasteiger partial charge in [0.15, 0.2) is 15.8 Å². The average molecular weight is 813 g/mol. The number of likely N-dealkylation sites (N-methyl/N-ethyl adjacent to an activating group) is 2. The molecule has 4 bridgehead atoms. The first-order valence-corrected chi connectivity index (χ1v) is 22.1. The van der Waals surface area contributed by atoms with E-state index >= 15 is 18.8 Å². The van der Waals surface area contributed by atoms with Gasteiger partial charge in [-0.25, -0.2) is 9.18 Å². The van der Waals surface area contributed by atoms with E-state index in [0.717, 1.165) is 27.2 Å². The average Bonchev–Trinajstić information content (AvgIpc) is 3.81. The lowest BCUT2D eigenvalue weighted by Gasteiger charge is -2.59. The van der Waals surface area contributed by atoms with E-state index in [1.54, 1.807) is 25.1 Å². The number of carbonyl (C=O) groups is 5. The van der Waals surface area contributed by atoms with Gasteiger partial charge in [-0.2, -0.15) is 0 Å². The number of halogens is 1. The lowest BCUT2D eigenvalue weighted by Crippen LogP contribution is -2.78. The number of nitrogens with one attached hydrogen (secondary N) is 1. The first kappa shape index (κ1) is 35.1. The molecule has 2 spiro atoms. The minimum atomic E-state index is -1.91. The topological polar surface area (TPSA) is 143 Å². The zero-order valence-electron chi connectivity index (χ0n) is 30.1. The van der Waals surface area contributed by atoms with E-state index < -0.39 is 84.4 Å². The second-order valence-corrected chi connectivity index (χ2v) is 20.8. The molecule has 5 amide bonds. The zero-order valence-corrected chi connectivity index (χ0v) is 33.4. The van der Waals surface area contributed by atoms with Crippen molar-refractivity contribution < 1.29 is 38.2 Å². The van der Waals surface area contributed by atoms with Gasteiger partial charge in [-0.3, -0.25) is 24.1 Å². The van der Waals surface area contributed by atoms with E-state index in [0.29, 0.717) is 17.7 Å². The van der Waals surface area contributed by atoms with E-state index in [2.05, 4.69) is 5.32 Å². The van der Waals surface area contributed by atoms with Crippen LogP contribution in [0.5, 0.6) is 0 Å². The van der Waals surface area contributed by atoms with Crippen LogP contribution in [0.1, 0.15) is 43.4 Å². The predicted molar refractivity (Wildman–Crippen MR) is 202 cm³/mol. The Morgan fingerprint density at radius 3 is 2.13 bits per heavy atom. The fourth-order valence-corrected chi connectivity index (χ4v) is 19.2. The highest BCUT2D eigenvalue weighted by Crippen LogP contribution is 2.79. The number of anilines is 1. The number of benzene rings is 2. The summed E-state index contributed by atoms with van der Waals surface area (Å²) >= 11 is 0. The number of piperazine rings is 2. The van der Waals surface area contributed by atoms with Crippen molar-refractivity contribution >= 4 is 78.6 Å². The number of amides is 5. The van der Waals surface area contributed by atoms with Crippen LogP contribution in [0.15, 0.2) is 42.5 Å². The van der Waals surface area contributed by atoms with Crippen molar-refractivity contribution in [1.29, 1.82) is 0 Å². The molecule has 54 heavy (non-hydrogen) atoms. The van der Waals surface area contributed by atoms with Gasteiger partial charge in [0.1, 0.15) is 18.1 Å². The first-order valence-electron chi connectivity index (χ1n) is 17.8. The molecule has 2 aromatic carbocycles. The molecule has 0 unspecified atom stereocenters. The Morgan fingerprint density at radius 1 is 0.870 bits per heavy atom. The summed E-state index contributed by atoms with van der Waals surface area (Å²) in [4.78, 5) is 75.7. The third-order valence-electron chi connectivity index (χ3n) is 13.7. The van der Waals surface area contributed by atoms with E-state index in [-0.39, 0.29) is 24.3 Å². The number of fused-ring (bicyclic) bond motifs is 11. The van der Waals surface area contributed by atoms with Crippen molar-refractivity contribution in [3.8, 4) is 0 Å². The Morgan fingerprint density at radius 2 is 1.48 bits per heavy atom. The largest absolute Gasteiger partial charge is 0.441 e. The van der Waals surface area contributed by atoms with Gasteiger partial charge >= 0.3 is 6.09 Å². The van der Waals surface area contributed by atoms with Crippen LogP contribution in [0.25, 0.3) is 0 Å². The second-order valence-electron chi connectivity index (χ2n) is 15.5. The molecular weight excluding hydrogens is 776 g/mol. The van der Waals surface area contributed by atoms with Crippen LogP contribution in [-0.2, 0) is 41.2 Å². The van der Waals surface area contributed by atoms with Crippen molar-refractivity contribution in [1.82, 2.24) is 24.5 Å². The van der Waals surface area contributed by atoms with Crippen molar-refractivity contribution in [2.75, 3.05) is 33.5 Å². The van der Waals surface area contributed by atoms with Crippen LogP contribution < -0.4 is 5.32 Å². The lowest BCUT2D eigenvalue weighted by atomic mass is 9.51. The van der Waals surface area contributed by atoms with Crippen molar-refractivity contribution in [2.24, 2.45) is 0 Å². The molecular formula is C36H37FN6O7S4. The van der Waals surface area contributed by atoms with Crippen LogP contribution >= 0.6 is 43.2 Å². The van der Waals surface area contributed by atoms with Crippen LogP contribution in [0.4, 0.5) is 14.9 Å². The summed E-state index contributed by atoms with van der Waals surface area (Å²) in [7, 11) is 10.9. The Balaban J connectivity index is 1.38. The van der Waals surface area contributed by atoms with Crippen LogP contribution in [0.2, 0.25) is 0 Å². The molecule has 0 radical (unpaired) electrons. The summed E-state index contributed by atoms with van der Waals surface area (Å²) in [6.07, 6.45) is -4.56. The molecule has 284 valence electrons. The molecule has 8 saturated heterocycles. The third kappa shape index (κ3) is 3.21. The lowest BCUT2D eigenvalue weighted by molar-refractivity contribution is -0.168. The summed E-state index contributed by atoms with van der Waals surface area (Å²) in [6, 6.07) is 10.6. The highest BCUT2D eigenvalue weighted by atomic mass is 33.1. The molecule has 18 heteroatoms. The third-order valence-corrected chi connectivity index (χ3v) is 21.2. The van der Waals surface area contributed by atoms with Crippen LogP contribution in [0, 0.1) is 5.82 Å². The molecule has 10 aliphatic rings. The number of nitrogens with zero attached hydrogens (tertiary/aromatic N) is 5. The van der Waals surface area contributed by atoms with Gasteiger partial charge in [-0.05, 0) is 75.7 Å². The van der Waals surface area contributed by atoms with E-state index in [1.165, 1.54) is 67.4 Å². The summed E-state index contributed by atoms with van der Waals surface area (Å²) in [5, 5.41) is 17.2. The summed E-state index contributed by atoms with van der Waals surface area (Å²) in [5.74, 6) is -2.32. The molecule has 0 aromatic heterocycles. The van der Waals surface area contributed by atoms with Gasteiger partial charge < -0.3 is 34.8 Å². The van der Waals surface area contributed by atoms with E-state index in [4.69, 9.17) is 4.74 Å². The molecule has 9 aliphatic heterocycles. The standard InChI is InChI=1S/C36H37FN6O7S4/c1-7-31-26(45)42-22-15-17-11-9-10-12-19(17)33(22,23(44)35(42,53-51-31)28(47)40(31)5)34-20-16-18(37)13-14-21(20)38-25(34)43-27(46)32(8-2)41(6)29(48)36(43,54-52-32)24(34)50-30(49)39(3)4/h9-14,16,22-25,38,44H,7-8,15H2,1-6H3/t22-,23-,24-,25+,31-,32-,33-,34+,35-,36-/m0/s1. The van der Waals surface area contributed by atoms with Gasteiger partial charge in [0.25, 0.3) is 23.6 Å². The number of rotatable bonds is 4. The van der Waals surface area contributed by atoms with Crippen molar-refractivity contribution in [3.63, 3.8) is 0 Å². The normalized spacial score (nSPS) is 41.8. The summed E-state index contributed by atoms with van der Waals surface area (Å²) in [5.41, 5.74) is -1.59. The quantitative estimate of drug-likeness (QED) is 0.439. The Kier molecular flexibility index (Phi) is 6.86. The molecule has 13 nitrogen and oxygen atoms in total. The van der Waals surface area contributed by atoms with E-state index in [1.807, 2.05) is 38.1 Å². The molecule has 1 aliphatic carbocycles. The summed E-state index contributed by atoms with van der Waals surface area (Å²) in [6.45, 7) is 3.67. The maximum absolute atomic E-state index is 16.0. The molecule has 0 saturated carbocycles. The monoisotopic (exact) mass is 812 g/mol. The number of hydrogen-bond acceptors (Lipinski definition) is 12. The fourth-order valence-electron chi connectivity index (χ4n) is 11.3. The van der Waals surface area contributed by atoms with Gasteiger partial charge in [0, 0.05) is 33.9 Å². The molecule has 9 heterocycles. The molecule has 8 fully saturated rings. The maximum atomic E-state index is 16.0. The highest BCUT2D eigenvalue weighted by Gasteiger charge is 2.93. The van der Waals surface area contributed by atoms with Gasteiger partial charge in [0.2, 0.25) is 9.74 Å². The highest BCUT2D eigenvalue weighted by molar-refractivity contribution is 8.78. The Labute approximate surface area is 326 Å². The number of aliphatic hydroxyl groups excluding tert-OH is 1. The maximum Gasteiger partial charge on any atom is 0.409 e. The number of ether oxygens (including phenoxy) is 1. The Bertz CT molecular complexity index is 2170. The van der Waals surface area contributed by atoms with Gasteiger partial charge in [-0.15, -0.1) is 0 Å². The fraction of sp³-hybridized carbons (Fsp3) is 0.528. The van der Waals surface area contributed by atoms with Crippen molar-refractivity contribution in [3.05, 3.63) is 65.0 Å². The van der Waals surface area contributed by atoms with Gasteiger partial charge in [-0.1, -0.05) is 59.7 Å². The van der Waals surface area contributed by atoms with E-state index in [9.17, 15) is 14.7 Å². The van der Waals surface area contributed by atoms with Crippen LogP contribution in [-0.4, -0.2) is 131 Å². The number of carbonyl (C=O) groups excluding carboxylic acids is 5.